The molecule has 0 fully saturated rings. The first-order valence-electron chi connectivity index (χ1n) is 4.71. The maximum Gasteiger partial charge on any atom is 1.00 e. The van der Waals surface area contributed by atoms with Gasteiger partial charge in [0.15, 0.2) is 0 Å². The van der Waals surface area contributed by atoms with Gasteiger partial charge in [-0.25, -0.2) is 4.21 Å². The van der Waals surface area contributed by atoms with Crippen LogP contribution in [-0.2, 0) is 30.8 Å². The van der Waals surface area contributed by atoms with E-state index < -0.39 is 9.05 Å². The summed E-state index contributed by atoms with van der Waals surface area (Å²) in [6, 6.07) is 7.81. The van der Waals surface area contributed by atoms with Crippen LogP contribution < -0.4 is 51.4 Å². The number of aromatic amines is 1. The van der Waals surface area contributed by atoms with E-state index in [2.05, 4.69) is 20.4 Å². The molecule has 2 aromatic rings. The monoisotopic (exact) mass is 295 g/mol. The Labute approximate surface area is 147 Å². The summed E-state index contributed by atoms with van der Waals surface area (Å²) in [4.78, 5) is 3.10. The van der Waals surface area contributed by atoms with Gasteiger partial charge in [-0.05, 0) is 29.2 Å². The average Bonchev–Trinajstić information content (AvgIpc) is 2.60. The van der Waals surface area contributed by atoms with E-state index in [-0.39, 0.29) is 58.0 Å². The van der Waals surface area contributed by atoms with Crippen molar-refractivity contribution in [1.82, 2.24) is 4.98 Å². The molecule has 2 rings (SSSR count). The number of para-hydroxylation sites is 1. The molecule has 0 saturated heterocycles. The zero-order chi connectivity index (χ0) is 11.6. The van der Waals surface area contributed by atoms with Crippen LogP contribution in [0.5, 0.6) is 0 Å². The average molecular weight is 295 g/mol. The van der Waals surface area contributed by atoms with Crippen molar-refractivity contribution < 1.29 is 64.3 Å². The molecule has 17 heavy (non-hydrogen) atoms. The van der Waals surface area contributed by atoms with E-state index in [1.54, 1.807) is 0 Å². The standard InChI is InChI=1S/C10H11NO3S2.K/c12-16(13,15)14-6-5-8-7-11-10-4-2-1-3-9(8)10;/h1-4,7,11H,5-6H2,(H,12,13,15);/q;+1/p-1. The Morgan fingerprint density at radius 1 is 1.41 bits per heavy atom. The number of benzene rings is 1. The third kappa shape index (κ3) is 4.70. The molecule has 0 aliphatic heterocycles. The Morgan fingerprint density at radius 3 is 2.82 bits per heavy atom. The van der Waals surface area contributed by atoms with Gasteiger partial charge in [-0.2, -0.15) is 0 Å². The van der Waals surface area contributed by atoms with Gasteiger partial charge < -0.3 is 9.54 Å². The van der Waals surface area contributed by atoms with Gasteiger partial charge in [0.25, 0.3) is 0 Å². The Bertz CT molecular complexity index is 594. The molecule has 7 heteroatoms. The van der Waals surface area contributed by atoms with Crippen molar-refractivity contribution >= 4 is 31.1 Å². The minimum Gasteiger partial charge on any atom is -0.748 e. The van der Waals surface area contributed by atoms with Crippen LogP contribution in [0.2, 0.25) is 0 Å². The van der Waals surface area contributed by atoms with Crippen LogP contribution in [-0.4, -0.2) is 20.4 Å². The molecule has 0 saturated carbocycles. The summed E-state index contributed by atoms with van der Waals surface area (Å²) in [7, 11) is -3.76. The molecule has 1 atom stereocenters. The van der Waals surface area contributed by atoms with Crippen molar-refractivity contribution in [2.24, 2.45) is 0 Å². The first-order chi connectivity index (χ1) is 7.56. The van der Waals surface area contributed by atoms with Crippen LogP contribution in [0.4, 0.5) is 0 Å². The summed E-state index contributed by atoms with van der Waals surface area (Å²) in [6.07, 6.45) is 2.36. The topological polar surface area (TPSA) is 65.2 Å². The summed E-state index contributed by atoms with van der Waals surface area (Å²) in [5.74, 6) is 0. The van der Waals surface area contributed by atoms with E-state index in [1.807, 2.05) is 30.5 Å². The molecule has 0 aliphatic rings. The van der Waals surface area contributed by atoms with E-state index in [0.717, 1.165) is 16.5 Å². The second kappa shape index (κ2) is 6.74. The quantitative estimate of drug-likeness (QED) is 0.699. The maximum atomic E-state index is 10.6. The predicted molar refractivity (Wildman–Crippen MR) is 64.2 cm³/mol. The number of H-pyrrole nitrogens is 1. The molecule has 0 aliphatic carbocycles. The largest absolute Gasteiger partial charge is 1.00 e. The molecule has 1 aromatic heterocycles. The summed E-state index contributed by atoms with van der Waals surface area (Å²) in [5.41, 5.74) is 2.05. The van der Waals surface area contributed by atoms with Gasteiger partial charge in [0.2, 0.25) is 0 Å². The second-order valence-electron chi connectivity index (χ2n) is 3.34. The van der Waals surface area contributed by atoms with Gasteiger partial charge in [0.1, 0.15) is 0 Å². The SMILES string of the molecule is O=S([O-])(=S)OCCc1c[nH]c2ccccc12.[K+]. The predicted octanol–water partition coefficient (Wildman–Crippen LogP) is -1.48. The third-order valence-electron chi connectivity index (χ3n) is 2.27. The fourth-order valence-corrected chi connectivity index (χ4v) is 2.08. The molecular weight excluding hydrogens is 285 g/mol. The second-order valence-corrected chi connectivity index (χ2v) is 5.62. The number of rotatable bonds is 4. The van der Waals surface area contributed by atoms with Crippen LogP contribution in [0.3, 0.4) is 0 Å². The van der Waals surface area contributed by atoms with Gasteiger partial charge in [0.05, 0.1) is 15.7 Å². The molecular formula is C10H10KNO3S2. The third-order valence-corrected chi connectivity index (χ3v) is 3.02. The zero-order valence-corrected chi connectivity index (χ0v) is 14.1. The molecule has 1 heterocycles. The van der Waals surface area contributed by atoms with Crippen LogP contribution in [0.1, 0.15) is 5.56 Å². The summed E-state index contributed by atoms with van der Waals surface area (Å²) in [6.45, 7) is 0.0771. The van der Waals surface area contributed by atoms with E-state index >= 15 is 0 Å². The minimum absolute atomic E-state index is 0. The Kier molecular flexibility index (Phi) is 6.24. The molecule has 1 aromatic carbocycles. The van der Waals surface area contributed by atoms with E-state index in [1.165, 1.54) is 0 Å². The Balaban J connectivity index is 0.00000144. The van der Waals surface area contributed by atoms with Gasteiger partial charge in [-0.3, -0.25) is 4.18 Å². The van der Waals surface area contributed by atoms with Crippen molar-refractivity contribution in [3.05, 3.63) is 36.0 Å². The molecule has 0 bridgehead atoms. The fraction of sp³-hybridized carbons (Fsp3) is 0.200. The summed E-state index contributed by atoms with van der Waals surface area (Å²) >= 11 is 4.12. The van der Waals surface area contributed by atoms with Crippen molar-refractivity contribution in [2.75, 3.05) is 6.61 Å². The molecule has 0 radical (unpaired) electrons. The smallest absolute Gasteiger partial charge is 0.748 e. The van der Waals surface area contributed by atoms with E-state index in [9.17, 15) is 8.76 Å². The van der Waals surface area contributed by atoms with Crippen molar-refractivity contribution in [3.8, 4) is 0 Å². The first kappa shape index (κ1) is 15.7. The van der Waals surface area contributed by atoms with Crippen LogP contribution in [0, 0.1) is 0 Å². The van der Waals surface area contributed by atoms with E-state index in [0.29, 0.717) is 6.42 Å². The molecule has 86 valence electrons. The number of aromatic nitrogens is 1. The summed E-state index contributed by atoms with van der Waals surface area (Å²) in [5, 5.41) is 1.08. The van der Waals surface area contributed by atoms with Gasteiger partial charge in [0, 0.05) is 17.1 Å². The first-order valence-corrected chi connectivity index (χ1v) is 7.05. The number of fused-ring (bicyclic) bond motifs is 1. The molecule has 1 unspecified atom stereocenters. The number of hydrogen-bond acceptors (Lipinski definition) is 4. The van der Waals surface area contributed by atoms with Crippen LogP contribution >= 0.6 is 0 Å². The maximum absolute atomic E-state index is 10.6. The van der Waals surface area contributed by atoms with Crippen molar-refractivity contribution in [2.45, 2.75) is 6.42 Å². The molecule has 0 spiro atoms. The van der Waals surface area contributed by atoms with Gasteiger partial charge in [-0.15, -0.1) is 0 Å². The number of nitrogens with one attached hydrogen (secondary N) is 1. The van der Waals surface area contributed by atoms with Crippen molar-refractivity contribution in [1.29, 1.82) is 0 Å². The minimum atomic E-state index is -3.76. The fourth-order valence-electron chi connectivity index (χ4n) is 1.59. The Morgan fingerprint density at radius 2 is 2.12 bits per heavy atom. The molecule has 4 nitrogen and oxygen atoms in total. The Hall–Kier alpha value is 0.686. The zero-order valence-electron chi connectivity index (χ0n) is 9.34. The van der Waals surface area contributed by atoms with Gasteiger partial charge >= 0.3 is 51.4 Å². The number of hydrogen-bond donors (Lipinski definition) is 1. The van der Waals surface area contributed by atoms with Crippen molar-refractivity contribution in [3.63, 3.8) is 0 Å². The normalized spacial score (nSPS) is 14.2. The molecule has 1 N–H and O–H groups in total. The van der Waals surface area contributed by atoms with E-state index in [4.69, 9.17) is 0 Å². The summed E-state index contributed by atoms with van der Waals surface area (Å²) < 4.78 is 25.7. The van der Waals surface area contributed by atoms with Gasteiger partial charge in [-0.1, -0.05) is 18.2 Å². The van der Waals surface area contributed by atoms with Crippen LogP contribution in [0.15, 0.2) is 30.5 Å². The molecule has 0 amide bonds. The van der Waals surface area contributed by atoms with Crippen LogP contribution in [0.25, 0.3) is 10.9 Å².